The highest BCUT2D eigenvalue weighted by Crippen LogP contribution is 2.69. The van der Waals surface area contributed by atoms with Crippen LogP contribution in [0.4, 0.5) is 0 Å². The highest BCUT2D eigenvalue weighted by Gasteiger charge is 2.70. The van der Waals surface area contributed by atoms with Crippen molar-refractivity contribution in [1.29, 1.82) is 0 Å². The second-order valence-electron chi connectivity index (χ2n) is 10.7. The molecule has 1 heterocycles. The predicted molar refractivity (Wildman–Crippen MR) is 102 cm³/mol. The molecule has 0 aromatic heterocycles. The fraction of sp³-hybridized carbons (Fsp3) is 0.870. The van der Waals surface area contributed by atoms with E-state index in [1.807, 2.05) is 0 Å². The molecule has 160 valence electrons. The van der Waals surface area contributed by atoms with Crippen LogP contribution in [0.3, 0.4) is 0 Å². The number of carbonyl (C=O) groups is 3. The number of hydrogen-bond donors (Lipinski definition) is 0. The molecule has 6 nitrogen and oxygen atoms in total. The van der Waals surface area contributed by atoms with Crippen LogP contribution in [-0.4, -0.2) is 36.2 Å². The maximum atomic E-state index is 12.3. The summed E-state index contributed by atoms with van der Waals surface area (Å²) in [5.41, 5.74) is 0.116. The summed E-state index contributed by atoms with van der Waals surface area (Å²) in [6, 6.07) is 0. The monoisotopic (exact) mass is 404 g/mol. The molecule has 0 N–H and O–H groups in total. The number of carbonyl (C=O) groups excluding carboxylic acids is 3. The minimum absolute atomic E-state index is 0.0397. The van der Waals surface area contributed by atoms with E-state index in [1.54, 1.807) is 0 Å². The normalized spacial score (nSPS) is 50.3. The van der Waals surface area contributed by atoms with Crippen molar-refractivity contribution in [2.75, 3.05) is 6.61 Å². The minimum Gasteiger partial charge on any atom is -0.456 e. The zero-order chi connectivity index (χ0) is 20.6. The lowest BCUT2D eigenvalue weighted by atomic mass is 9.45. The van der Waals surface area contributed by atoms with Gasteiger partial charge in [0.2, 0.25) is 0 Å². The van der Waals surface area contributed by atoms with Crippen molar-refractivity contribution in [3.8, 4) is 0 Å². The highest BCUT2D eigenvalue weighted by molar-refractivity contribution is 5.82. The number of rotatable bonds is 2. The zero-order valence-electron chi connectivity index (χ0n) is 17.7. The molecule has 29 heavy (non-hydrogen) atoms. The van der Waals surface area contributed by atoms with Gasteiger partial charge in [0, 0.05) is 38.5 Å². The van der Waals surface area contributed by atoms with Gasteiger partial charge in [0.1, 0.15) is 5.78 Å². The predicted octanol–water partition coefficient (Wildman–Crippen LogP) is 3.41. The Morgan fingerprint density at radius 3 is 2.62 bits per heavy atom. The summed E-state index contributed by atoms with van der Waals surface area (Å²) in [4.78, 5) is 36.0. The molecule has 8 atom stereocenters. The van der Waals surface area contributed by atoms with Gasteiger partial charge in [-0.05, 0) is 61.2 Å². The number of fused-ring (bicyclic) bond motifs is 4. The third-order valence-corrected chi connectivity index (χ3v) is 9.18. The van der Waals surface area contributed by atoms with Gasteiger partial charge in [-0.15, -0.1) is 0 Å². The Bertz CT molecular complexity index is 762. The molecule has 0 unspecified atom stereocenters. The fourth-order valence-electron chi connectivity index (χ4n) is 8.19. The largest absolute Gasteiger partial charge is 0.456 e. The molecule has 1 aliphatic heterocycles. The SMILES string of the molecule is CC(=O)O[C@H]1C[C@@H]2CC[C@H]3[C@@H]4CC(=O)C[C@@]4(C)CC[C@@H]3[C@]23CO[C@@]1(OC(C)=O)C3. The Labute approximate surface area is 172 Å². The van der Waals surface area contributed by atoms with Gasteiger partial charge in [0.15, 0.2) is 6.10 Å². The molecule has 5 rings (SSSR count). The Kier molecular flexibility index (Phi) is 4.23. The van der Waals surface area contributed by atoms with Crippen molar-refractivity contribution in [2.24, 2.45) is 34.5 Å². The summed E-state index contributed by atoms with van der Waals surface area (Å²) < 4.78 is 17.6. The summed E-state index contributed by atoms with van der Waals surface area (Å²) in [5, 5.41) is 0. The average molecular weight is 405 g/mol. The Morgan fingerprint density at radius 2 is 1.90 bits per heavy atom. The van der Waals surface area contributed by atoms with Crippen LogP contribution < -0.4 is 0 Å². The van der Waals surface area contributed by atoms with Gasteiger partial charge in [-0.25, -0.2) is 0 Å². The summed E-state index contributed by atoms with van der Waals surface area (Å²) in [5.74, 6) is 0.411. The van der Waals surface area contributed by atoms with Crippen LogP contribution in [0.15, 0.2) is 0 Å². The van der Waals surface area contributed by atoms with Crippen molar-refractivity contribution in [2.45, 2.75) is 84.0 Å². The molecule has 4 saturated carbocycles. The first-order chi connectivity index (χ1) is 13.7. The summed E-state index contributed by atoms with van der Waals surface area (Å²) in [7, 11) is 0. The smallest absolute Gasteiger partial charge is 0.305 e. The Morgan fingerprint density at radius 1 is 1.10 bits per heavy atom. The van der Waals surface area contributed by atoms with Crippen molar-refractivity contribution >= 4 is 17.7 Å². The first-order valence-electron chi connectivity index (χ1n) is 11.2. The summed E-state index contributed by atoms with van der Waals surface area (Å²) in [6.45, 7) is 5.66. The van der Waals surface area contributed by atoms with E-state index in [0.29, 0.717) is 48.9 Å². The van der Waals surface area contributed by atoms with Crippen molar-refractivity contribution < 1.29 is 28.6 Å². The molecule has 2 bridgehead atoms. The Hall–Kier alpha value is -1.43. The van der Waals surface area contributed by atoms with E-state index in [1.165, 1.54) is 13.8 Å². The van der Waals surface area contributed by atoms with Crippen molar-refractivity contribution in [1.82, 2.24) is 0 Å². The van der Waals surface area contributed by atoms with E-state index < -0.39 is 17.9 Å². The number of Topliss-reactive ketones (excluding diaryl/α,β-unsaturated/α-hetero) is 1. The van der Waals surface area contributed by atoms with Gasteiger partial charge in [-0.2, -0.15) is 0 Å². The van der Waals surface area contributed by atoms with Crippen LogP contribution in [0.5, 0.6) is 0 Å². The second-order valence-corrected chi connectivity index (χ2v) is 10.7. The van der Waals surface area contributed by atoms with E-state index in [2.05, 4.69) is 6.92 Å². The number of ketones is 1. The van der Waals surface area contributed by atoms with E-state index in [-0.39, 0.29) is 16.8 Å². The number of esters is 2. The van der Waals surface area contributed by atoms with Crippen LogP contribution in [-0.2, 0) is 28.6 Å². The van der Waals surface area contributed by atoms with Crippen LogP contribution in [0.2, 0.25) is 0 Å². The lowest BCUT2D eigenvalue weighted by Crippen LogP contribution is -2.59. The van der Waals surface area contributed by atoms with Crippen molar-refractivity contribution in [3.05, 3.63) is 0 Å². The summed E-state index contributed by atoms with van der Waals surface area (Å²) in [6.07, 6.45) is 6.63. The highest BCUT2D eigenvalue weighted by atomic mass is 16.7. The van der Waals surface area contributed by atoms with Gasteiger partial charge in [-0.3, -0.25) is 14.4 Å². The van der Waals surface area contributed by atoms with Crippen LogP contribution in [0.1, 0.15) is 72.1 Å². The summed E-state index contributed by atoms with van der Waals surface area (Å²) >= 11 is 0. The third-order valence-electron chi connectivity index (χ3n) is 9.18. The van der Waals surface area contributed by atoms with Crippen LogP contribution >= 0.6 is 0 Å². The lowest BCUT2D eigenvalue weighted by molar-refractivity contribution is -0.264. The molecule has 0 aromatic carbocycles. The van der Waals surface area contributed by atoms with E-state index >= 15 is 0 Å². The maximum absolute atomic E-state index is 12.3. The van der Waals surface area contributed by atoms with Crippen LogP contribution in [0, 0.1) is 34.5 Å². The standard InChI is InChI=1S/C23H32O6/c1-13(24)28-20-8-15-4-5-17-18(6-7-21(3)10-16(26)9-19(17)21)22(15)11-23(20,27-12-22)29-14(2)25/h15,17-20H,4-12H2,1-3H3/t15-,17+,18-,19-,20-,21+,22+,23+/m0/s1. The molecule has 4 aliphatic carbocycles. The zero-order valence-corrected chi connectivity index (χ0v) is 17.7. The molecule has 5 aliphatic rings. The van der Waals surface area contributed by atoms with Gasteiger partial charge < -0.3 is 14.2 Å². The maximum Gasteiger partial charge on any atom is 0.305 e. The quantitative estimate of drug-likeness (QED) is 0.656. The van der Waals surface area contributed by atoms with Gasteiger partial charge in [0.25, 0.3) is 5.79 Å². The molecule has 6 heteroatoms. The average Bonchev–Trinajstić information content (AvgIpc) is 3.10. The molecule has 1 saturated heterocycles. The second kappa shape index (κ2) is 6.29. The molecule has 0 aromatic rings. The number of ether oxygens (including phenoxy) is 3. The molecular formula is C23H32O6. The van der Waals surface area contributed by atoms with Gasteiger partial charge >= 0.3 is 11.9 Å². The van der Waals surface area contributed by atoms with Gasteiger partial charge in [-0.1, -0.05) is 6.92 Å². The molecule has 0 radical (unpaired) electrons. The minimum atomic E-state index is -1.15. The van der Waals surface area contributed by atoms with Crippen molar-refractivity contribution in [3.63, 3.8) is 0 Å². The molecule has 5 fully saturated rings. The third kappa shape index (κ3) is 2.74. The molecule has 1 spiro atoms. The molecular weight excluding hydrogens is 372 g/mol. The Balaban J connectivity index is 1.48. The van der Waals surface area contributed by atoms with Crippen LogP contribution in [0.25, 0.3) is 0 Å². The van der Waals surface area contributed by atoms with E-state index in [0.717, 1.165) is 38.5 Å². The van der Waals surface area contributed by atoms with Gasteiger partial charge in [0.05, 0.1) is 6.61 Å². The first-order valence-corrected chi connectivity index (χ1v) is 11.2. The van der Waals surface area contributed by atoms with E-state index in [4.69, 9.17) is 14.2 Å². The lowest BCUT2D eigenvalue weighted by Gasteiger charge is -2.59. The molecule has 0 amide bonds. The van der Waals surface area contributed by atoms with E-state index in [9.17, 15) is 14.4 Å². The topological polar surface area (TPSA) is 78.9 Å². The first kappa shape index (κ1) is 19.5. The number of hydrogen-bond acceptors (Lipinski definition) is 6. The fourth-order valence-corrected chi connectivity index (χ4v) is 8.19.